The van der Waals surface area contributed by atoms with Crippen molar-refractivity contribution in [3.05, 3.63) is 0 Å². The zero-order valence-corrected chi connectivity index (χ0v) is 19.2. The predicted octanol–water partition coefficient (Wildman–Crippen LogP) is 3.33. The van der Waals surface area contributed by atoms with E-state index in [0.29, 0.717) is 43.4 Å². The SMILES string of the molecule is CCC[Si](CCC[Si](CCC)(OC(C)=O)OC(C)=O)(OC(C)=O)OC(C)=O. The zero-order chi connectivity index (χ0) is 21.1. The average Bonchev–Trinajstić information content (AvgIpc) is 2.44. The molecule has 0 unspecified atom stereocenters. The van der Waals surface area contributed by atoms with E-state index >= 15 is 0 Å². The molecular formula is C17H32O8Si2. The normalized spacial score (nSPS) is 11.5. The maximum Gasteiger partial charge on any atom is 0.464 e. The van der Waals surface area contributed by atoms with Crippen LogP contribution in [0.4, 0.5) is 0 Å². The second-order valence-electron chi connectivity index (χ2n) is 6.55. The van der Waals surface area contributed by atoms with Gasteiger partial charge in [-0.05, 0) is 6.42 Å². The van der Waals surface area contributed by atoms with Gasteiger partial charge in [0.2, 0.25) is 0 Å². The van der Waals surface area contributed by atoms with Crippen molar-refractivity contribution in [3.8, 4) is 0 Å². The van der Waals surface area contributed by atoms with Crippen LogP contribution in [0.1, 0.15) is 60.8 Å². The molecule has 0 atom stereocenters. The summed E-state index contributed by atoms with van der Waals surface area (Å²) in [6, 6.07) is 1.69. The van der Waals surface area contributed by atoms with Crippen LogP contribution in [-0.4, -0.2) is 41.0 Å². The molecular weight excluding hydrogens is 388 g/mol. The monoisotopic (exact) mass is 420 g/mol. The lowest BCUT2D eigenvalue weighted by Crippen LogP contribution is -2.47. The van der Waals surface area contributed by atoms with Crippen molar-refractivity contribution in [1.29, 1.82) is 0 Å². The number of hydrogen-bond acceptors (Lipinski definition) is 8. The highest BCUT2D eigenvalue weighted by Crippen LogP contribution is 2.30. The molecule has 0 aromatic rings. The zero-order valence-electron chi connectivity index (χ0n) is 17.2. The molecule has 0 aliphatic heterocycles. The van der Waals surface area contributed by atoms with Crippen LogP contribution in [-0.2, 0) is 36.9 Å². The van der Waals surface area contributed by atoms with Gasteiger partial charge < -0.3 is 17.7 Å². The molecule has 0 aliphatic carbocycles. The van der Waals surface area contributed by atoms with Crippen molar-refractivity contribution in [3.63, 3.8) is 0 Å². The summed E-state index contributed by atoms with van der Waals surface area (Å²) in [6.07, 6.45) is 1.84. The Balaban J connectivity index is 5.42. The third-order valence-corrected chi connectivity index (χ3v) is 11.1. The van der Waals surface area contributed by atoms with Crippen LogP contribution < -0.4 is 0 Å². The van der Waals surface area contributed by atoms with E-state index in [9.17, 15) is 19.2 Å². The number of carbonyl (C=O) groups excluding carboxylic acids is 4. The standard InChI is InChI=1S/C17H32O8Si2/c1-7-10-26(22-14(3)18,23-15(4)19)12-9-13-27(11-8-2,24-16(5)20)25-17(6)21/h7-13H2,1-6H3. The average molecular weight is 421 g/mol. The molecule has 0 amide bonds. The third-order valence-electron chi connectivity index (χ3n) is 3.70. The van der Waals surface area contributed by atoms with Crippen molar-refractivity contribution in [2.45, 2.75) is 85.0 Å². The molecule has 0 bridgehead atoms. The molecule has 0 rings (SSSR count). The molecule has 0 heterocycles. The highest BCUT2D eigenvalue weighted by molar-refractivity contribution is 6.72. The minimum atomic E-state index is -3.08. The van der Waals surface area contributed by atoms with Crippen LogP contribution in [0, 0.1) is 0 Å². The van der Waals surface area contributed by atoms with Gasteiger partial charge in [0.25, 0.3) is 23.9 Å². The van der Waals surface area contributed by atoms with Crippen LogP contribution in [0.3, 0.4) is 0 Å². The van der Waals surface area contributed by atoms with Gasteiger partial charge in [0.05, 0.1) is 0 Å². The predicted molar refractivity (Wildman–Crippen MR) is 103 cm³/mol. The van der Waals surface area contributed by atoms with Crippen molar-refractivity contribution in [1.82, 2.24) is 0 Å². The number of hydrogen-bond donors (Lipinski definition) is 0. The molecule has 27 heavy (non-hydrogen) atoms. The summed E-state index contributed by atoms with van der Waals surface area (Å²) < 4.78 is 21.9. The topological polar surface area (TPSA) is 105 Å². The molecule has 0 saturated heterocycles. The van der Waals surface area contributed by atoms with Crippen LogP contribution in [0.5, 0.6) is 0 Å². The van der Waals surface area contributed by atoms with Gasteiger partial charge in [-0.1, -0.05) is 26.7 Å². The Hall–Kier alpha value is -1.69. The molecule has 0 fully saturated rings. The van der Waals surface area contributed by atoms with Gasteiger partial charge in [-0.3, -0.25) is 19.2 Å². The minimum absolute atomic E-state index is 0.362. The van der Waals surface area contributed by atoms with Gasteiger partial charge >= 0.3 is 17.1 Å². The molecule has 10 heteroatoms. The van der Waals surface area contributed by atoms with Crippen LogP contribution in [0.25, 0.3) is 0 Å². The second-order valence-corrected chi connectivity index (χ2v) is 13.0. The van der Waals surface area contributed by atoms with Crippen LogP contribution in [0.2, 0.25) is 24.2 Å². The van der Waals surface area contributed by atoms with E-state index in [0.717, 1.165) is 0 Å². The summed E-state index contributed by atoms with van der Waals surface area (Å²) >= 11 is 0. The van der Waals surface area contributed by atoms with E-state index in [1.807, 2.05) is 13.8 Å². The highest BCUT2D eigenvalue weighted by Gasteiger charge is 2.47. The first kappa shape index (κ1) is 25.3. The Morgan fingerprint density at radius 2 is 0.815 bits per heavy atom. The maximum atomic E-state index is 11.6. The lowest BCUT2D eigenvalue weighted by molar-refractivity contribution is -0.141. The summed E-state index contributed by atoms with van der Waals surface area (Å²) in [6.45, 7) is 8.98. The maximum absolute atomic E-state index is 11.6. The first-order chi connectivity index (χ1) is 12.5. The quantitative estimate of drug-likeness (QED) is 0.443. The van der Waals surface area contributed by atoms with Crippen molar-refractivity contribution >= 4 is 41.0 Å². The summed E-state index contributed by atoms with van der Waals surface area (Å²) in [5, 5.41) is 0. The van der Waals surface area contributed by atoms with Gasteiger partial charge in [0, 0.05) is 51.9 Å². The number of carbonyl (C=O) groups is 4. The van der Waals surface area contributed by atoms with Gasteiger partial charge in [0.1, 0.15) is 0 Å². The van der Waals surface area contributed by atoms with E-state index in [1.165, 1.54) is 27.7 Å². The van der Waals surface area contributed by atoms with E-state index in [-0.39, 0.29) is 0 Å². The van der Waals surface area contributed by atoms with Gasteiger partial charge in [-0.25, -0.2) is 0 Å². The molecule has 0 N–H and O–H groups in total. The Morgan fingerprint density at radius 3 is 1.00 bits per heavy atom. The van der Waals surface area contributed by atoms with Crippen molar-refractivity contribution < 1.29 is 36.9 Å². The van der Waals surface area contributed by atoms with Gasteiger partial charge in [0.15, 0.2) is 0 Å². The van der Waals surface area contributed by atoms with E-state index in [4.69, 9.17) is 17.7 Å². The first-order valence-electron chi connectivity index (χ1n) is 9.28. The fourth-order valence-electron chi connectivity index (χ4n) is 3.14. The Morgan fingerprint density at radius 1 is 0.556 bits per heavy atom. The molecule has 0 saturated carbocycles. The Labute approximate surface area is 163 Å². The molecule has 0 aromatic heterocycles. The van der Waals surface area contributed by atoms with Gasteiger partial charge in [-0.2, -0.15) is 0 Å². The smallest absolute Gasteiger partial charge is 0.464 e. The summed E-state index contributed by atoms with van der Waals surface area (Å²) in [4.78, 5) is 46.2. The van der Waals surface area contributed by atoms with E-state index < -0.39 is 41.0 Å². The fraction of sp³-hybridized carbons (Fsp3) is 0.765. The molecule has 0 aliphatic rings. The van der Waals surface area contributed by atoms with Crippen LogP contribution >= 0.6 is 0 Å². The van der Waals surface area contributed by atoms with E-state index in [1.54, 1.807) is 0 Å². The van der Waals surface area contributed by atoms with Crippen molar-refractivity contribution in [2.24, 2.45) is 0 Å². The lowest BCUT2D eigenvalue weighted by atomic mass is 10.6. The largest absolute Gasteiger partial charge is 0.485 e. The Kier molecular flexibility index (Phi) is 11.2. The summed E-state index contributed by atoms with van der Waals surface area (Å²) in [7, 11) is -6.16. The molecule has 0 radical (unpaired) electrons. The van der Waals surface area contributed by atoms with Gasteiger partial charge in [-0.15, -0.1) is 0 Å². The van der Waals surface area contributed by atoms with Crippen LogP contribution in [0.15, 0.2) is 0 Å². The third kappa shape index (κ3) is 10.3. The Bertz CT molecular complexity index is 457. The van der Waals surface area contributed by atoms with E-state index in [2.05, 4.69) is 0 Å². The summed E-state index contributed by atoms with van der Waals surface area (Å²) in [5.41, 5.74) is 0. The first-order valence-corrected chi connectivity index (χ1v) is 13.7. The van der Waals surface area contributed by atoms with Crippen molar-refractivity contribution in [2.75, 3.05) is 0 Å². The minimum Gasteiger partial charge on any atom is -0.485 e. The second kappa shape index (κ2) is 11.9. The lowest BCUT2D eigenvalue weighted by Gasteiger charge is -2.31. The molecule has 8 nitrogen and oxygen atoms in total. The fourth-order valence-corrected chi connectivity index (χ4v) is 9.94. The highest BCUT2D eigenvalue weighted by atomic mass is 28.4. The molecule has 156 valence electrons. The summed E-state index contributed by atoms with van der Waals surface area (Å²) in [5.74, 6) is -1.97. The number of rotatable bonds is 12. The molecule has 0 spiro atoms. The molecule has 0 aromatic carbocycles.